The second-order valence-electron chi connectivity index (χ2n) is 7.22. The van der Waals surface area contributed by atoms with Crippen LogP contribution in [0.3, 0.4) is 0 Å². The molecule has 2 amide bonds. The Morgan fingerprint density at radius 1 is 1.14 bits per heavy atom. The van der Waals surface area contributed by atoms with Crippen molar-refractivity contribution in [3.05, 3.63) is 70.7 Å². The van der Waals surface area contributed by atoms with Gasteiger partial charge in [-0.15, -0.1) is 12.4 Å². The van der Waals surface area contributed by atoms with Crippen LogP contribution in [0.1, 0.15) is 35.7 Å². The first-order valence-electron chi connectivity index (χ1n) is 9.67. The van der Waals surface area contributed by atoms with E-state index in [-0.39, 0.29) is 36.3 Å². The van der Waals surface area contributed by atoms with E-state index in [0.717, 1.165) is 24.9 Å². The molecule has 0 aromatic heterocycles. The minimum absolute atomic E-state index is 0. The summed E-state index contributed by atoms with van der Waals surface area (Å²) in [5.74, 6) is -0.450. The normalized spacial score (nSPS) is 19.5. The summed E-state index contributed by atoms with van der Waals surface area (Å²) in [6.45, 7) is 3.04. The van der Waals surface area contributed by atoms with E-state index in [2.05, 4.69) is 22.9 Å². The summed E-state index contributed by atoms with van der Waals surface area (Å²) >= 11 is 5.90. The Morgan fingerprint density at radius 3 is 2.48 bits per heavy atom. The largest absolute Gasteiger partial charge is 0.350 e. The van der Waals surface area contributed by atoms with E-state index in [0.29, 0.717) is 17.0 Å². The fourth-order valence-corrected chi connectivity index (χ4v) is 3.55. The number of nitrogens with one attached hydrogen (secondary N) is 3. The molecule has 1 aliphatic rings. The van der Waals surface area contributed by atoms with Crippen LogP contribution in [0.5, 0.6) is 0 Å². The van der Waals surface area contributed by atoms with Crippen LogP contribution in [0.15, 0.2) is 54.6 Å². The fourth-order valence-electron chi connectivity index (χ4n) is 3.43. The molecule has 1 saturated heterocycles. The molecule has 0 radical (unpaired) electrons. The summed E-state index contributed by atoms with van der Waals surface area (Å²) in [5, 5.41) is 9.96. The first kappa shape index (κ1) is 23.2. The fraction of sp³-hybridized carbons (Fsp3) is 0.364. The Hall–Kier alpha value is -2.08. The molecule has 5 nitrogen and oxygen atoms in total. The third-order valence-corrected chi connectivity index (χ3v) is 5.35. The molecular formula is C22H27Cl2N3O2. The van der Waals surface area contributed by atoms with Gasteiger partial charge >= 0.3 is 0 Å². The number of hydrogen-bond acceptors (Lipinski definition) is 3. The molecule has 29 heavy (non-hydrogen) atoms. The van der Waals surface area contributed by atoms with Crippen molar-refractivity contribution in [1.82, 2.24) is 16.0 Å². The highest BCUT2D eigenvalue weighted by Gasteiger charge is 2.27. The molecule has 3 atom stereocenters. The number of halogens is 2. The minimum atomic E-state index is -0.653. The maximum absolute atomic E-state index is 13.0. The lowest BCUT2D eigenvalue weighted by atomic mass is 9.98. The Kier molecular flexibility index (Phi) is 8.96. The van der Waals surface area contributed by atoms with Crippen molar-refractivity contribution >= 4 is 35.8 Å². The van der Waals surface area contributed by atoms with E-state index in [1.165, 1.54) is 0 Å². The monoisotopic (exact) mass is 435 g/mol. The second kappa shape index (κ2) is 11.2. The van der Waals surface area contributed by atoms with Gasteiger partial charge in [-0.05, 0) is 56.1 Å². The van der Waals surface area contributed by atoms with Crippen molar-refractivity contribution in [3.63, 3.8) is 0 Å². The lowest BCUT2D eigenvalue weighted by Crippen LogP contribution is -2.57. The van der Waals surface area contributed by atoms with Crippen molar-refractivity contribution in [2.45, 2.75) is 44.3 Å². The lowest BCUT2D eigenvalue weighted by molar-refractivity contribution is -0.124. The predicted molar refractivity (Wildman–Crippen MR) is 119 cm³/mol. The zero-order valence-corrected chi connectivity index (χ0v) is 17.9. The highest BCUT2D eigenvalue weighted by Crippen LogP contribution is 2.12. The smallest absolute Gasteiger partial charge is 0.251 e. The third-order valence-electron chi connectivity index (χ3n) is 5.10. The summed E-state index contributed by atoms with van der Waals surface area (Å²) in [5.41, 5.74) is 1.47. The van der Waals surface area contributed by atoms with Crippen molar-refractivity contribution in [2.75, 3.05) is 6.54 Å². The SMILES string of the molecule is CC1NCCCC1NC(=O)C(Cc1ccccc1)NC(=O)c1ccc(Cl)cc1.Cl. The van der Waals surface area contributed by atoms with Gasteiger partial charge < -0.3 is 16.0 Å². The summed E-state index contributed by atoms with van der Waals surface area (Å²) in [7, 11) is 0. The molecule has 1 heterocycles. The first-order valence-corrected chi connectivity index (χ1v) is 10.0. The van der Waals surface area contributed by atoms with Crippen LogP contribution in [-0.4, -0.2) is 36.5 Å². The van der Waals surface area contributed by atoms with E-state index in [4.69, 9.17) is 11.6 Å². The van der Waals surface area contributed by atoms with E-state index in [1.807, 2.05) is 30.3 Å². The lowest BCUT2D eigenvalue weighted by Gasteiger charge is -2.32. The topological polar surface area (TPSA) is 70.2 Å². The van der Waals surface area contributed by atoms with Crippen LogP contribution in [0.2, 0.25) is 5.02 Å². The number of benzene rings is 2. The average molecular weight is 436 g/mol. The van der Waals surface area contributed by atoms with Crippen LogP contribution < -0.4 is 16.0 Å². The molecule has 0 spiro atoms. The molecule has 7 heteroatoms. The highest BCUT2D eigenvalue weighted by molar-refractivity contribution is 6.30. The molecule has 2 aromatic rings. The third kappa shape index (κ3) is 6.74. The maximum Gasteiger partial charge on any atom is 0.251 e. The van der Waals surface area contributed by atoms with Crippen molar-refractivity contribution in [3.8, 4) is 0 Å². The molecule has 3 unspecified atom stereocenters. The zero-order valence-electron chi connectivity index (χ0n) is 16.4. The molecular weight excluding hydrogens is 409 g/mol. The first-order chi connectivity index (χ1) is 13.5. The quantitative estimate of drug-likeness (QED) is 0.651. The molecule has 156 valence electrons. The van der Waals surface area contributed by atoms with E-state index < -0.39 is 6.04 Å². The van der Waals surface area contributed by atoms with Crippen molar-refractivity contribution in [2.24, 2.45) is 0 Å². The van der Waals surface area contributed by atoms with Gasteiger partial charge in [0.05, 0.1) is 0 Å². The molecule has 0 bridgehead atoms. The highest BCUT2D eigenvalue weighted by atomic mass is 35.5. The summed E-state index contributed by atoms with van der Waals surface area (Å²) in [6.07, 6.45) is 2.39. The molecule has 1 fully saturated rings. The summed E-state index contributed by atoms with van der Waals surface area (Å²) in [4.78, 5) is 25.7. The Labute approximate surface area is 183 Å². The number of amides is 2. The van der Waals surface area contributed by atoms with Crippen molar-refractivity contribution in [1.29, 1.82) is 0 Å². The van der Waals surface area contributed by atoms with Gasteiger partial charge in [0.1, 0.15) is 6.04 Å². The van der Waals surface area contributed by atoms with Crippen LogP contribution >= 0.6 is 24.0 Å². The second-order valence-corrected chi connectivity index (χ2v) is 7.66. The summed E-state index contributed by atoms with van der Waals surface area (Å²) in [6, 6.07) is 16.0. The Morgan fingerprint density at radius 2 is 1.83 bits per heavy atom. The van der Waals surface area contributed by atoms with Gasteiger partial charge in [0, 0.05) is 29.1 Å². The van der Waals surface area contributed by atoms with Gasteiger partial charge in [0.15, 0.2) is 0 Å². The number of piperidine rings is 1. The Balaban J connectivity index is 0.00000300. The van der Waals surface area contributed by atoms with Crippen molar-refractivity contribution < 1.29 is 9.59 Å². The summed E-state index contributed by atoms with van der Waals surface area (Å²) < 4.78 is 0. The molecule has 3 N–H and O–H groups in total. The van der Waals surface area contributed by atoms with Gasteiger partial charge in [-0.1, -0.05) is 41.9 Å². The molecule has 0 saturated carbocycles. The molecule has 0 aliphatic carbocycles. The number of rotatable bonds is 6. The zero-order chi connectivity index (χ0) is 19.9. The van der Waals surface area contributed by atoms with Gasteiger partial charge in [0.25, 0.3) is 5.91 Å². The van der Waals surface area contributed by atoms with Gasteiger partial charge in [-0.25, -0.2) is 0 Å². The Bertz CT molecular complexity index is 799. The maximum atomic E-state index is 13.0. The van der Waals surface area contributed by atoms with E-state index >= 15 is 0 Å². The molecule has 3 rings (SSSR count). The number of carbonyl (C=O) groups excluding carboxylic acids is 2. The van der Waals surface area contributed by atoms with Crippen LogP contribution in [0.25, 0.3) is 0 Å². The number of carbonyl (C=O) groups is 2. The molecule has 2 aromatic carbocycles. The predicted octanol–water partition coefficient (Wildman–Crippen LogP) is 3.36. The van der Waals surface area contributed by atoms with Crippen LogP contribution in [0, 0.1) is 0 Å². The minimum Gasteiger partial charge on any atom is -0.350 e. The van der Waals surface area contributed by atoms with Gasteiger partial charge in [0.2, 0.25) is 5.91 Å². The van der Waals surface area contributed by atoms with E-state index in [9.17, 15) is 9.59 Å². The molecule has 1 aliphatic heterocycles. The average Bonchev–Trinajstić information content (AvgIpc) is 2.70. The number of hydrogen-bond donors (Lipinski definition) is 3. The van der Waals surface area contributed by atoms with Crippen LogP contribution in [0.4, 0.5) is 0 Å². The van der Waals surface area contributed by atoms with Gasteiger partial charge in [-0.3, -0.25) is 9.59 Å². The van der Waals surface area contributed by atoms with Crippen LogP contribution in [-0.2, 0) is 11.2 Å². The van der Waals surface area contributed by atoms with Gasteiger partial charge in [-0.2, -0.15) is 0 Å². The standard InChI is InChI=1S/C22H26ClN3O2.ClH/c1-15-19(8-5-13-24-15)25-22(28)20(14-16-6-3-2-4-7-16)26-21(27)17-9-11-18(23)12-10-17;/h2-4,6-7,9-12,15,19-20,24H,5,8,13-14H2,1H3,(H,25,28)(H,26,27);1H. The van der Waals surface area contributed by atoms with E-state index in [1.54, 1.807) is 24.3 Å².